The van der Waals surface area contributed by atoms with E-state index in [0.717, 1.165) is 0 Å². The number of hydrogen-bond acceptors (Lipinski definition) is 16. The Morgan fingerprint density at radius 2 is 1.48 bits per heavy atom. The monoisotopic (exact) mass is 601 g/mol. The minimum atomic E-state index is -4.96. The van der Waals surface area contributed by atoms with Gasteiger partial charge in [-0.2, -0.15) is 0 Å². The van der Waals surface area contributed by atoms with Crippen LogP contribution in [-0.2, 0) is 34.4 Å². The number of aliphatic hydroxyl groups excluding tert-OH is 7. The zero-order valence-corrected chi connectivity index (χ0v) is 22.1. The van der Waals surface area contributed by atoms with Crippen LogP contribution < -0.4 is 4.74 Å². The molecule has 2 aliphatic rings. The van der Waals surface area contributed by atoms with Gasteiger partial charge in [0.1, 0.15) is 54.6 Å². The smallest absolute Gasteiger partial charge is 0.472 e. The first-order valence-corrected chi connectivity index (χ1v) is 13.3. The number of nitro groups is 1. The number of benzene rings is 1. The maximum absolute atomic E-state index is 12.5. The molecule has 0 spiro atoms. The van der Waals surface area contributed by atoms with Gasteiger partial charge in [-0.15, -0.1) is 0 Å². The minimum absolute atomic E-state index is 0.106. The van der Waals surface area contributed by atoms with Crippen molar-refractivity contribution in [1.29, 1.82) is 0 Å². The second kappa shape index (κ2) is 13.4. The number of methoxy groups -OCH3 is 1. The number of nitrogens with zero attached hydrogens (tertiary/aromatic N) is 1. The summed E-state index contributed by atoms with van der Waals surface area (Å²) in [5.74, 6) is 0.259. The summed E-state index contributed by atoms with van der Waals surface area (Å²) in [5.41, 5.74) is -0.0773. The van der Waals surface area contributed by atoms with E-state index < -0.39 is 99.7 Å². The quantitative estimate of drug-likeness (QED) is 0.0720. The SMILES string of the molecule is COc1cc(COP(=O)(O)OCC2O[C@H](O[C@H]3OC(CO)[C@@H](O)C(O)C3O)C(O)[C@@H](O)[C@@H]2O)c([N+](=O)[O-])cc1C. The van der Waals surface area contributed by atoms with E-state index in [0.29, 0.717) is 5.56 Å². The van der Waals surface area contributed by atoms with Crippen molar-refractivity contribution in [2.24, 2.45) is 0 Å². The van der Waals surface area contributed by atoms with E-state index in [2.05, 4.69) is 0 Å². The van der Waals surface area contributed by atoms with E-state index in [9.17, 15) is 55.3 Å². The lowest BCUT2D eigenvalue weighted by molar-refractivity contribution is -0.385. The average molecular weight is 601 g/mol. The molecule has 0 saturated carbocycles. The normalized spacial score (nSPS) is 36.1. The fraction of sp³-hybridized carbons (Fsp3) is 0.714. The summed E-state index contributed by atoms with van der Waals surface area (Å²) in [6.07, 6.45) is -17.9. The van der Waals surface area contributed by atoms with Gasteiger partial charge in [0, 0.05) is 6.07 Å². The summed E-state index contributed by atoms with van der Waals surface area (Å²) in [5, 5.41) is 81.3. The van der Waals surface area contributed by atoms with Gasteiger partial charge >= 0.3 is 7.82 Å². The molecule has 40 heavy (non-hydrogen) atoms. The standard InChI is InChI=1S/C21H32NO17P/c1-8-3-10(22(30)31)9(4-11(8)34-2)6-35-40(32,33)36-7-13-15(25)17(27)19(29)21(38-13)39-20-18(28)16(26)14(24)12(5-23)37-20/h3-4,12-21,23-29H,5-7H2,1-2H3,(H,32,33)/t12?,13?,14-,15-,16?,17+,18?,19?,20-,21-/m1/s1. The van der Waals surface area contributed by atoms with Crippen LogP contribution in [-0.4, -0.2) is 127 Å². The lowest BCUT2D eigenvalue weighted by Crippen LogP contribution is -2.63. The Morgan fingerprint density at radius 1 is 0.925 bits per heavy atom. The fourth-order valence-electron chi connectivity index (χ4n) is 4.06. The van der Waals surface area contributed by atoms with Gasteiger partial charge in [0.2, 0.25) is 0 Å². The first kappa shape index (κ1) is 32.6. The molecule has 19 heteroatoms. The molecule has 3 rings (SSSR count). The Bertz CT molecular complexity index is 1070. The summed E-state index contributed by atoms with van der Waals surface area (Å²) in [6.45, 7) is -0.890. The number of hydrogen-bond donors (Lipinski definition) is 8. The third-order valence-corrected chi connectivity index (χ3v) is 7.29. The molecule has 18 nitrogen and oxygen atoms in total. The molecular formula is C21H32NO17P. The van der Waals surface area contributed by atoms with Gasteiger partial charge in [0.15, 0.2) is 12.6 Å². The predicted octanol–water partition coefficient (Wildman–Crippen LogP) is -2.83. The Morgan fingerprint density at radius 3 is 2.00 bits per heavy atom. The molecule has 0 aliphatic carbocycles. The Balaban J connectivity index is 1.65. The third kappa shape index (κ3) is 7.30. The molecule has 0 radical (unpaired) electrons. The molecule has 11 atom stereocenters. The van der Waals surface area contributed by atoms with E-state index in [1.165, 1.54) is 19.2 Å². The van der Waals surface area contributed by atoms with Crippen LogP contribution >= 0.6 is 7.82 Å². The Kier molecular flexibility index (Phi) is 10.9. The van der Waals surface area contributed by atoms with E-state index in [-0.39, 0.29) is 11.3 Å². The highest BCUT2D eigenvalue weighted by atomic mass is 31.2. The summed E-state index contributed by atoms with van der Waals surface area (Å²) < 4.78 is 43.0. The summed E-state index contributed by atoms with van der Waals surface area (Å²) >= 11 is 0. The van der Waals surface area contributed by atoms with Crippen LogP contribution in [0, 0.1) is 17.0 Å². The first-order chi connectivity index (χ1) is 18.7. The van der Waals surface area contributed by atoms with E-state index >= 15 is 0 Å². The summed E-state index contributed by atoms with van der Waals surface area (Å²) in [4.78, 5) is 20.7. The molecule has 0 bridgehead atoms. The molecule has 6 unspecified atom stereocenters. The molecule has 228 valence electrons. The van der Waals surface area contributed by atoms with E-state index in [1.807, 2.05) is 0 Å². The van der Waals surface area contributed by atoms with Gasteiger partial charge in [-0.1, -0.05) is 0 Å². The molecule has 2 aliphatic heterocycles. The number of aliphatic hydroxyl groups is 7. The van der Waals surface area contributed by atoms with Gasteiger partial charge < -0.3 is 59.6 Å². The van der Waals surface area contributed by atoms with Crippen molar-refractivity contribution in [2.75, 3.05) is 20.3 Å². The molecule has 2 heterocycles. The predicted molar refractivity (Wildman–Crippen MR) is 126 cm³/mol. The number of rotatable bonds is 11. The van der Waals surface area contributed by atoms with Gasteiger partial charge in [0.25, 0.3) is 5.69 Å². The van der Waals surface area contributed by atoms with Crippen molar-refractivity contribution in [3.63, 3.8) is 0 Å². The third-order valence-electron chi connectivity index (χ3n) is 6.36. The topological polar surface area (TPSA) is 277 Å². The first-order valence-electron chi connectivity index (χ1n) is 11.8. The van der Waals surface area contributed by atoms with Crippen LogP contribution in [0.25, 0.3) is 0 Å². The Hall–Kier alpha value is -1.87. The summed E-state index contributed by atoms with van der Waals surface area (Å²) in [7, 11) is -3.63. The lowest BCUT2D eigenvalue weighted by Gasteiger charge is -2.44. The van der Waals surface area contributed by atoms with Gasteiger partial charge in [-0.25, -0.2) is 4.57 Å². The number of aryl methyl sites for hydroxylation is 1. The highest BCUT2D eigenvalue weighted by Crippen LogP contribution is 2.45. The van der Waals surface area contributed by atoms with Crippen LogP contribution in [0.5, 0.6) is 5.75 Å². The average Bonchev–Trinajstić information content (AvgIpc) is 2.91. The maximum Gasteiger partial charge on any atom is 0.472 e. The zero-order valence-electron chi connectivity index (χ0n) is 21.2. The Labute approximate surface area is 226 Å². The van der Waals surface area contributed by atoms with Gasteiger partial charge in [-0.05, 0) is 18.6 Å². The van der Waals surface area contributed by atoms with Gasteiger partial charge in [-0.3, -0.25) is 19.2 Å². The van der Waals surface area contributed by atoms with Crippen molar-refractivity contribution >= 4 is 13.5 Å². The molecule has 0 aromatic heterocycles. The second-order valence-corrected chi connectivity index (χ2v) is 10.5. The number of phosphoric ester groups is 1. The lowest BCUT2D eigenvalue weighted by atomic mass is 9.98. The van der Waals surface area contributed by atoms with Crippen LogP contribution in [0.3, 0.4) is 0 Å². The zero-order chi connectivity index (χ0) is 29.9. The van der Waals surface area contributed by atoms with Crippen LogP contribution in [0.1, 0.15) is 11.1 Å². The van der Waals surface area contributed by atoms with Crippen molar-refractivity contribution in [3.8, 4) is 5.75 Å². The minimum Gasteiger partial charge on any atom is -0.496 e. The molecule has 8 N–H and O–H groups in total. The molecule has 1 aromatic rings. The van der Waals surface area contributed by atoms with Crippen molar-refractivity contribution < 1.29 is 78.1 Å². The largest absolute Gasteiger partial charge is 0.496 e. The van der Waals surface area contributed by atoms with E-state index in [4.69, 9.17) is 28.0 Å². The van der Waals surface area contributed by atoms with E-state index in [1.54, 1.807) is 6.92 Å². The van der Waals surface area contributed by atoms with Crippen LogP contribution in [0.2, 0.25) is 0 Å². The maximum atomic E-state index is 12.5. The van der Waals surface area contributed by atoms with Crippen LogP contribution in [0.4, 0.5) is 5.69 Å². The number of phosphoric acid groups is 1. The van der Waals surface area contributed by atoms with Gasteiger partial charge in [0.05, 0.1) is 37.4 Å². The molecular weight excluding hydrogens is 569 g/mol. The highest BCUT2D eigenvalue weighted by Gasteiger charge is 2.50. The molecule has 1 aromatic carbocycles. The summed E-state index contributed by atoms with van der Waals surface area (Å²) in [6, 6.07) is 2.44. The number of ether oxygens (including phenoxy) is 4. The van der Waals surface area contributed by atoms with Crippen molar-refractivity contribution in [3.05, 3.63) is 33.4 Å². The van der Waals surface area contributed by atoms with Crippen LogP contribution in [0.15, 0.2) is 12.1 Å². The molecule has 2 fully saturated rings. The fourth-order valence-corrected chi connectivity index (χ4v) is 4.77. The highest BCUT2D eigenvalue weighted by molar-refractivity contribution is 7.47. The second-order valence-electron chi connectivity index (χ2n) is 9.09. The van der Waals surface area contributed by atoms with Crippen molar-refractivity contribution in [2.45, 2.75) is 74.9 Å². The molecule has 0 amide bonds. The molecule has 2 saturated heterocycles. The van der Waals surface area contributed by atoms with Crippen molar-refractivity contribution in [1.82, 2.24) is 0 Å². The number of nitro benzene ring substituents is 1.